The summed E-state index contributed by atoms with van der Waals surface area (Å²) < 4.78 is 26.7. The summed E-state index contributed by atoms with van der Waals surface area (Å²) in [6.07, 6.45) is 0.275. The van der Waals surface area contributed by atoms with Crippen molar-refractivity contribution in [2.24, 2.45) is 5.41 Å². The Labute approximate surface area is 129 Å². The van der Waals surface area contributed by atoms with Gasteiger partial charge < -0.3 is 10.4 Å². The van der Waals surface area contributed by atoms with E-state index in [1.54, 1.807) is 13.8 Å². The predicted molar refractivity (Wildman–Crippen MR) is 78.0 cm³/mol. The molecule has 2 N–H and O–H groups in total. The summed E-state index contributed by atoms with van der Waals surface area (Å²) in [7, 11) is 0. The highest BCUT2D eigenvalue weighted by molar-refractivity contribution is 9.10. The van der Waals surface area contributed by atoms with Gasteiger partial charge in [-0.1, -0.05) is 13.8 Å². The van der Waals surface area contributed by atoms with Crippen molar-refractivity contribution in [1.29, 1.82) is 0 Å². The molecule has 0 aliphatic rings. The molecular weight excluding hydrogens is 348 g/mol. The molecule has 0 aromatic heterocycles. The molecule has 0 spiro atoms. The quantitative estimate of drug-likeness (QED) is 0.803. The topological polar surface area (TPSA) is 66.4 Å². The molecule has 1 rings (SSSR count). The molecule has 0 saturated heterocycles. The molecule has 21 heavy (non-hydrogen) atoms. The van der Waals surface area contributed by atoms with Crippen LogP contribution in [0.5, 0.6) is 0 Å². The molecule has 0 unspecified atom stereocenters. The van der Waals surface area contributed by atoms with Crippen LogP contribution in [0.25, 0.3) is 0 Å². The van der Waals surface area contributed by atoms with Crippen molar-refractivity contribution in [3.63, 3.8) is 0 Å². The third-order valence-corrected chi connectivity index (χ3v) is 4.20. The number of hydrogen-bond donors (Lipinski definition) is 2. The van der Waals surface area contributed by atoms with Crippen LogP contribution in [-0.4, -0.2) is 17.0 Å². The summed E-state index contributed by atoms with van der Waals surface area (Å²) in [5, 5.41) is 11.6. The molecular formula is C14H16BrF2NO3. The number of carboxylic acids is 1. The van der Waals surface area contributed by atoms with E-state index in [0.29, 0.717) is 6.07 Å². The molecule has 0 saturated carbocycles. The minimum Gasteiger partial charge on any atom is -0.481 e. The molecule has 0 heterocycles. The summed E-state index contributed by atoms with van der Waals surface area (Å²) in [6, 6.07) is 1.66. The maximum absolute atomic E-state index is 13.6. The SMILES string of the molecule is CCC(CC)(CC(=O)Nc1c(F)cc(F)cc1Br)C(=O)O. The summed E-state index contributed by atoms with van der Waals surface area (Å²) in [5.74, 6) is -3.41. The smallest absolute Gasteiger partial charge is 0.310 e. The van der Waals surface area contributed by atoms with Crippen molar-refractivity contribution >= 4 is 33.5 Å². The van der Waals surface area contributed by atoms with E-state index in [1.807, 2.05) is 0 Å². The molecule has 7 heteroatoms. The summed E-state index contributed by atoms with van der Waals surface area (Å²) in [4.78, 5) is 23.3. The van der Waals surface area contributed by atoms with Gasteiger partial charge in [0.2, 0.25) is 5.91 Å². The molecule has 0 radical (unpaired) electrons. The number of benzene rings is 1. The zero-order chi connectivity index (χ0) is 16.2. The van der Waals surface area contributed by atoms with Gasteiger partial charge in [-0.05, 0) is 34.8 Å². The summed E-state index contributed by atoms with van der Waals surface area (Å²) >= 11 is 2.96. The normalized spacial score (nSPS) is 11.3. The first-order valence-corrected chi connectivity index (χ1v) is 7.22. The van der Waals surface area contributed by atoms with Crippen molar-refractivity contribution < 1.29 is 23.5 Å². The lowest BCUT2D eigenvalue weighted by Crippen LogP contribution is -2.34. The molecule has 116 valence electrons. The average Bonchev–Trinajstić information content (AvgIpc) is 2.40. The molecule has 0 atom stereocenters. The number of aliphatic carboxylic acids is 1. The van der Waals surface area contributed by atoms with Crippen molar-refractivity contribution in [1.82, 2.24) is 0 Å². The highest BCUT2D eigenvalue weighted by Crippen LogP contribution is 2.33. The molecule has 0 aliphatic carbocycles. The largest absolute Gasteiger partial charge is 0.481 e. The second-order valence-electron chi connectivity index (χ2n) is 4.76. The van der Waals surface area contributed by atoms with Gasteiger partial charge >= 0.3 is 5.97 Å². The maximum Gasteiger partial charge on any atom is 0.310 e. The Balaban J connectivity index is 2.95. The van der Waals surface area contributed by atoms with E-state index >= 15 is 0 Å². The predicted octanol–water partition coefficient (Wildman–Crippen LogP) is 3.95. The van der Waals surface area contributed by atoms with Crippen molar-refractivity contribution in [3.8, 4) is 0 Å². The first kappa shape index (κ1) is 17.6. The van der Waals surface area contributed by atoms with Crippen LogP contribution in [0.1, 0.15) is 33.1 Å². The third kappa shape index (κ3) is 4.00. The Hall–Kier alpha value is -1.50. The highest BCUT2D eigenvalue weighted by Gasteiger charge is 2.37. The van der Waals surface area contributed by atoms with Gasteiger partial charge in [0.15, 0.2) is 5.82 Å². The van der Waals surface area contributed by atoms with Crippen LogP contribution in [0.2, 0.25) is 0 Å². The van der Waals surface area contributed by atoms with Crippen LogP contribution < -0.4 is 5.32 Å². The van der Waals surface area contributed by atoms with Crippen molar-refractivity contribution in [3.05, 3.63) is 28.2 Å². The first-order valence-electron chi connectivity index (χ1n) is 6.43. The van der Waals surface area contributed by atoms with Crippen LogP contribution in [0.4, 0.5) is 14.5 Å². The molecule has 1 aromatic rings. The van der Waals surface area contributed by atoms with Crippen molar-refractivity contribution in [2.45, 2.75) is 33.1 Å². The van der Waals surface area contributed by atoms with Crippen LogP contribution in [0.15, 0.2) is 16.6 Å². The first-order chi connectivity index (χ1) is 9.75. The highest BCUT2D eigenvalue weighted by atomic mass is 79.9. The number of carbonyl (C=O) groups is 2. The van der Waals surface area contributed by atoms with Crippen LogP contribution in [-0.2, 0) is 9.59 Å². The molecule has 0 aliphatic heterocycles. The van der Waals surface area contributed by atoms with Crippen molar-refractivity contribution in [2.75, 3.05) is 5.32 Å². The van der Waals surface area contributed by atoms with Crippen LogP contribution in [0, 0.1) is 17.0 Å². The van der Waals surface area contributed by atoms with E-state index in [-0.39, 0.29) is 29.4 Å². The Morgan fingerprint density at radius 3 is 2.29 bits per heavy atom. The van der Waals surface area contributed by atoms with E-state index in [1.165, 1.54) is 0 Å². The zero-order valence-electron chi connectivity index (χ0n) is 11.7. The number of carbonyl (C=O) groups excluding carboxylic acids is 1. The third-order valence-electron chi connectivity index (χ3n) is 3.58. The Bertz CT molecular complexity index is 536. The molecule has 1 amide bonds. The summed E-state index contributed by atoms with van der Waals surface area (Å²) in [5.41, 5.74) is -1.39. The van der Waals surface area contributed by atoms with Gasteiger partial charge in [0.25, 0.3) is 0 Å². The van der Waals surface area contributed by atoms with Gasteiger partial charge in [0.05, 0.1) is 11.1 Å². The molecule has 0 fully saturated rings. The summed E-state index contributed by atoms with van der Waals surface area (Å²) in [6.45, 7) is 3.36. The van der Waals surface area contributed by atoms with E-state index in [9.17, 15) is 23.5 Å². The van der Waals surface area contributed by atoms with Gasteiger partial charge in [-0.15, -0.1) is 0 Å². The lowest BCUT2D eigenvalue weighted by atomic mass is 9.79. The number of nitrogens with one attached hydrogen (secondary N) is 1. The van der Waals surface area contributed by atoms with Gasteiger partial charge in [0.1, 0.15) is 5.82 Å². The lowest BCUT2D eigenvalue weighted by Gasteiger charge is -2.26. The minimum atomic E-state index is -1.19. The number of hydrogen-bond acceptors (Lipinski definition) is 2. The Morgan fingerprint density at radius 1 is 1.29 bits per heavy atom. The average molecular weight is 364 g/mol. The number of amides is 1. The van der Waals surface area contributed by atoms with E-state index < -0.39 is 28.9 Å². The number of rotatable bonds is 6. The molecule has 4 nitrogen and oxygen atoms in total. The minimum absolute atomic E-state index is 0.0577. The van der Waals surface area contributed by atoms with E-state index in [4.69, 9.17) is 0 Å². The van der Waals surface area contributed by atoms with E-state index in [0.717, 1.165) is 6.07 Å². The zero-order valence-corrected chi connectivity index (χ0v) is 13.3. The monoisotopic (exact) mass is 363 g/mol. The second kappa shape index (κ2) is 6.98. The fraction of sp³-hybridized carbons (Fsp3) is 0.429. The Morgan fingerprint density at radius 2 is 1.86 bits per heavy atom. The molecule has 1 aromatic carbocycles. The standard InChI is InChI=1S/C14H16BrF2NO3/c1-3-14(4-2,13(20)21)7-11(19)18-12-9(15)5-8(16)6-10(12)17/h5-6H,3-4,7H2,1-2H3,(H,18,19)(H,20,21). The maximum atomic E-state index is 13.6. The van der Waals surface area contributed by atoms with Gasteiger partial charge in [-0.25, -0.2) is 8.78 Å². The molecule has 0 bridgehead atoms. The fourth-order valence-electron chi connectivity index (χ4n) is 2.03. The lowest BCUT2D eigenvalue weighted by molar-refractivity contribution is -0.151. The number of halogens is 3. The Kier molecular flexibility index (Phi) is 5.83. The number of anilines is 1. The van der Waals surface area contributed by atoms with Crippen LogP contribution >= 0.6 is 15.9 Å². The van der Waals surface area contributed by atoms with Gasteiger partial charge in [0, 0.05) is 17.0 Å². The fourth-order valence-corrected chi connectivity index (χ4v) is 2.54. The van der Waals surface area contributed by atoms with E-state index in [2.05, 4.69) is 21.2 Å². The van der Waals surface area contributed by atoms with Gasteiger partial charge in [-0.3, -0.25) is 9.59 Å². The number of carboxylic acid groups (broad SMARTS) is 1. The van der Waals surface area contributed by atoms with Gasteiger partial charge in [-0.2, -0.15) is 0 Å². The second-order valence-corrected chi connectivity index (χ2v) is 5.62. The van der Waals surface area contributed by atoms with Crippen LogP contribution in [0.3, 0.4) is 0 Å².